The van der Waals surface area contributed by atoms with E-state index in [1.807, 2.05) is 25.1 Å². The van der Waals surface area contributed by atoms with E-state index in [-0.39, 0.29) is 55.4 Å². The highest BCUT2D eigenvalue weighted by Gasteiger charge is 2.47. The van der Waals surface area contributed by atoms with E-state index in [1.54, 1.807) is 30.1 Å². The van der Waals surface area contributed by atoms with Crippen LogP contribution in [0.4, 0.5) is 13.2 Å². The van der Waals surface area contributed by atoms with Gasteiger partial charge in [-0.15, -0.1) is 0 Å². The lowest BCUT2D eigenvalue weighted by molar-refractivity contribution is -0.137. The largest absolute Gasteiger partial charge is 0.416 e. The number of nitrogens with zero attached hydrogens (tertiary/aromatic N) is 3. The van der Waals surface area contributed by atoms with Crippen LogP contribution in [0.25, 0.3) is 0 Å². The van der Waals surface area contributed by atoms with Crippen LogP contribution in [0.1, 0.15) is 76.7 Å². The molecule has 0 aromatic heterocycles. The molecule has 2 amide bonds. The van der Waals surface area contributed by atoms with Crippen molar-refractivity contribution in [3.05, 3.63) is 81.9 Å². The molecule has 7 bridgehead atoms. The van der Waals surface area contributed by atoms with Gasteiger partial charge in [0.15, 0.2) is 0 Å². The van der Waals surface area contributed by atoms with Crippen molar-refractivity contribution in [3.8, 4) is 0 Å². The number of allylic oxidation sites excluding steroid dienone is 2. The summed E-state index contributed by atoms with van der Waals surface area (Å²) in [6, 6.07) is 9.14. The van der Waals surface area contributed by atoms with E-state index in [1.165, 1.54) is 4.31 Å². The van der Waals surface area contributed by atoms with E-state index in [0.29, 0.717) is 36.9 Å². The van der Waals surface area contributed by atoms with Gasteiger partial charge in [0.2, 0.25) is 10.0 Å². The van der Waals surface area contributed by atoms with E-state index in [9.17, 15) is 31.2 Å². The molecule has 1 N–H and O–H groups in total. The topological polar surface area (TPSA) is 99.2 Å². The normalized spacial score (nSPS) is 24.9. The number of hydrogen-bond donors (Lipinski definition) is 1. The van der Waals surface area contributed by atoms with Crippen LogP contribution in [0.15, 0.2) is 53.5 Å². The summed E-state index contributed by atoms with van der Waals surface area (Å²) in [6.45, 7) is 2.58. The number of rotatable bonds is 0. The Labute approximate surface area is 262 Å². The Hall–Kier alpha value is -3.51. The quantitative estimate of drug-likeness (QED) is 0.407. The molecule has 45 heavy (non-hydrogen) atoms. The number of fused-ring (bicyclic) bond motifs is 2. The van der Waals surface area contributed by atoms with Crippen molar-refractivity contribution in [2.24, 2.45) is 4.99 Å². The van der Waals surface area contributed by atoms with Crippen LogP contribution in [0, 0.1) is 6.92 Å². The van der Waals surface area contributed by atoms with Crippen molar-refractivity contribution in [2.45, 2.75) is 70.0 Å². The van der Waals surface area contributed by atoms with E-state index in [2.05, 4.69) is 10.3 Å². The van der Waals surface area contributed by atoms with Crippen molar-refractivity contribution >= 4 is 27.7 Å². The van der Waals surface area contributed by atoms with Gasteiger partial charge in [-0.3, -0.25) is 14.6 Å². The molecule has 2 aromatic carbocycles. The number of amides is 2. The van der Waals surface area contributed by atoms with Crippen LogP contribution in [0.3, 0.4) is 0 Å². The van der Waals surface area contributed by atoms with Gasteiger partial charge >= 0.3 is 6.18 Å². The fourth-order valence-corrected chi connectivity index (χ4v) is 7.64. The number of piperidine rings is 1. The monoisotopic (exact) mass is 644 g/mol. The Morgan fingerprint density at radius 2 is 1.62 bits per heavy atom. The zero-order valence-corrected chi connectivity index (χ0v) is 26.4. The number of hydrogen-bond acceptors (Lipinski definition) is 5. The summed E-state index contributed by atoms with van der Waals surface area (Å²) in [4.78, 5) is 32.4. The number of aryl methyl sites for hydroxylation is 3. The van der Waals surface area contributed by atoms with Gasteiger partial charge in [0.25, 0.3) is 11.8 Å². The molecule has 242 valence electrons. The standard InChI is InChI=1S/C33H39F3N4O4S/c1-23-19-26-11-10-25(23)12-18-45(43,44)40-16-13-32(14-17-40)31(42)37-29(38-32)27-20-24(21-28(22-27)33(34,35)36)9-7-5-3-4-6-8-15-39(2)30(26)41/h3-4,10-11,19-22H,5-9,12-18H2,1-2H3,(H,37,38,42). The predicted molar refractivity (Wildman–Crippen MR) is 167 cm³/mol. The lowest BCUT2D eigenvalue weighted by atomic mass is 9.89. The Kier molecular flexibility index (Phi) is 9.55. The van der Waals surface area contributed by atoms with Crippen molar-refractivity contribution in [3.63, 3.8) is 0 Å². The smallest absolute Gasteiger partial charge is 0.342 e. The molecule has 0 atom stereocenters. The van der Waals surface area contributed by atoms with Crippen LogP contribution in [-0.2, 0) is 33.8 Å². The first kappa shape index (κ1) is 32.9. The van der Waals surface area contributed by atoms with Crippen LogP contribution in [-0.4, -0.2) is 73.2 Å². The molecule has 12 heteroatoms. The van der Waals surface area contributed by atoms with Crippen LogP contribution >= 0.6 is 0 Å². The zero-order chi connectivity index (χ0) is 32.4. The molecule has 8 nitrogen and oxygen atoms in total. The van der Waals surface area contributed by atoms with Gasteiger partial charge in [0.1, 0.15) is 11.4 Å². The highest BCUT2D eigenvalue weighted by atomic mass is 32.2. The highest BCUT2D eigenvalue weighted by molar-refractivity contribution is 7.89. The van der Waals surface area contributed by atoms with E-state index in [0.717, 1.165) is 36.1 Å². The summed E-state index contributed by atoms with van der Waals surface area (Å²) >= 11 is 0. The molecule has 7 rings (SSSR count). The number of sulfonamides is 1. The molecular weight excluding hydrogens is 605 g/mol. The second kappa shape index (κ2) is 13.1. The molecule has 5 aliphatic heterocycles. The minimum Gasteiger partial charge on any atom is -0.342 e. The first-order valence-corrected chi connectivity index (χ1v) is 17.0. The van der Waals surface area contributed by atoms with Gasteiger partial charge in [-0.25, -0.2) is 12.7 Å². The van der Waals surface area contributed by atoms with E-state index in [4.69, 9.17) is 0 Å². The Morgan fingerprint density at radius 1 is 0.911 bits per heavy atom. The molecule has 0 saturated carbocycles. The molecule has 0 aliphatic carbocycles. The lowest BCUT2D eigenvalue weighted by Crippen LogP contribution is -2.50. The molecular formula is C33H39F3N4O4S. The number of halogens is 3. The first-order chi connectivity index (χ1) is 21.3. The zero-order valence-electron chi connectivity index (χ0n) is 25.6. The summed E-state index contributed by atoms with van der Waals surface area (Å²) in [5, 5.41) is 2.69. The average Bonchev–Trinajstić information content (AvgIpc) is 3.31. The Morgan fingerprint density at radius 3 is 2.31 bits per heavy atom. The van der Waals surface area contributed by atoms with Gasteiger partial charge in [0.05, 0.1) is 11.3 Å². The molecule has 1 fully saturated rings. The van der Waals surface area contributed by atoms with Gasteiger partial charge in [0, 0.05) is 37.8 Å². The van der Waals surface area contributed by atoms with Gasteiger partial charge in [-0.2, -0.15) is 13.2 Å². The summed E-state index contributed by atoms with van der Waals surface area (Å²) in [5.74, 6) is -0.568. The average molecular weight is 645 g/mol. The molecule has 5 aliphatic rings. The van der Waals surface area contributed by atoms with Crippen LogP contribution in [0.5, 0.6) is 0 Å². The van der Waals surface area contributed by atoms with E-state index < -0.39 is 33.2 Å². The summed E-state index contributed by atoms with van der Waals surface area (Å²) in [7, 11) is -1.91. The minimum atomic E-state index is -4.57. The van der Waals surface area contributed by atoms with Crippen molar-refractivity contribution in [2.75, 3.05) is 32.4 Å². The van der Waals surface area contributed by atoms with Gasteiger partial charge in [-0.1, -0.05) is 18.2 Å². The number of nitrogens with one attached hydrogen (secondary N) is 1. The third-order valence-corrected chi connectivity index (χ3v) is 10.8. The number of aliphatic imine (C=N–C) groups is 1. The maximum atomic E-state index is 13.8. The number of carbonyl (C=O) groups is 2. The summed E-state index contributed by atoms with van der Waals surface area (Å²) in [6.07, 6.45) is 3.26. The van der Waals surface area contributed by atoms with Crippen molar-refractivity contribution in [1.82, 2.24) is 14.5 Å². The van der Waals surface area contributed by atoms with Crippen molar-refractivity contribution < 1.29 is 31.2 Å². The summed E-state index contributed by atoms with van der Waals surface area (Å²) < 4.78 is 69.4. The Balaban J connectivity index is 1.41. The Bertz CT molecular complexity index is 1630. The molecule has 0 radical (unpaired) electrons. The summed E-state index contributed by atoms with van der Waals surface area (Å²) in [5.41, 5.74) is 0.885. The fraction of sp³-hybridized carbons (Fsp3) is 0.485. The SMILES string of the molecule is Cc1cc2ccc1CCS(=O)(=O)N1CCC3(CC1)N=C(NC3=O)c1cc(cc(C(F)(F)F)c1)CCCC=CCCCN(C)C2=O. The second-order valence-electron chi connectivity index (χ2n) is 12.2. The second-order valence-corrected chi connectivity index (χ2v) is 14.3. The number of benzene rings is 2. The third kappa shape index (κ3) is 7.49. The van der Waals surface area contributed by atoms with Crippen molar-refractivity contribution in [1.29, 1.82) is 0 Å². The third-order valence-electron chi connectivity index (χ3n) is 8.95. The molecule has 0 unspecified atom stereocenters. The minimum absolute atomic E-state index is 0.0760. The number of alkyl halides is 3. The van der Waals surface area contributed by atoms with Gasteiger partial charge < -0.3 is 10.2 Å². The maximum absolute atomic E-state index is 13.8. The lowest BCUT2D eigenvalue weighted by Gasteiger charge is -2.34. The number of amidine groups is 1. The molecule has 2 aromatic rings. The highest BCUT2D eigenvalue weighted by Crippen LogP contribution is 2.35. The molecule has 1 spiro atoms. The van der Waals surface area contributed by atoms with E-state index >= 15 is 0 Å². The van der Waals surface area contributed by atoms with Gasteiger partial charge in [-0.05, 0) is 105 Å². The number of carbonyl (C=O) groups excluding carboxylic acids is 2. The molecule has 1 saturated heterocycles. The first-order valence-electron chi connectivity index (χ1n) is 15.4. The van der Waals surface area contributed by atoms with Crippen LogP contribution in [0.2, 0.25) is 0 Å². The maximum Gasteiger partial charge on any atom is 0.416 e. The molecule has 5 heterocycles. The predicted octanol–water partition coefficient (Wildman–Crippen LogP) is 5.04. The van der Waals surface area contributed by atoms with Crippen LogP contribution < -0.4 is 5.32 Å². The fourth-order valence-electron chi connectivity index (χ4n) is 6.17.